The number of carbonyl (C=O) groups excluding carboxylic acids is 2. The number of benzene rings is 1. The number of aryl methyl sites for hydroxylation is 2. The van der Waals surface area contributed by atoms with E-state index < -0.39 is 0 Å². The van der Waals surface area contributed by atoms with E-state index >= 15 is 0 Å². The van der Waals surface area contributed by atoms with Gasteiger partial charge in [0.2, 0.25) is 0 Å². The summed E-state index contributed by atoms with van der Waals surface area (Å²) in [5.41, 5.74) is 4.43. The van der Waals surface area contributed by atoms with Crippen molar-refractivity contribution < 1.29 is 9.59 Å². The summed E-state index contributed by atoms with van der Waals surface area (Å²) in [7, 11) is 0. The Morgan fingerprint density at radius 1 is 0.889 bits per heavy atom. The van der Waals surface area contributed by atoms with Gasteiger partial charge in [0.25, 0.3) is 11.8 Å². The first-order chi connectivity index (χ1) is 13.0. The van der Waals surface area contributed by atoms with E-state index in [-0.39, 0.29) is 11.8 Å². The average Bonchev–Trinajstić information content (AvgIpc) is 2.69. The minimum absolute atomic E-state index is 0.291. The second-order valence-corrected chi connectivity index (χ2v) is 6.27. The van der Waals surface area contributed by atoms with E-state index in [9.17, 15) is 9.59 Å². The van der Waals surface area contributed by atoms with Gasteiger partial charge in [-0.15, -0.1) is 0 Å². The largest absolute Gasteiger partial charge is 0.348 e. The number of rotatable bonds is 5. The predicted molar refractivity (Wildman–Crippen MR) is 104 cm³/mol. The summed E-state index contributed by atoms with van der Waals surface area (Å²) in [6.07, 6.45) is 6.22. The van der Waals surface area contributed by atoms with Crippen LogP contribution in [0.15, 0.2) is 61.2 Å². The van der Waals surface area contributed by atoms with Crippen LogP contribution in [0.5, 0.6) is 0 Å². The maximum Gasteiger partial charge on any atom is 0.257 e. The number of aromatic nitrogens is 2. The van der Waals surface area contributed by atoms with Crippen LogP contribution in [0, 0.1) is 13.8 Å². The van der Waals surface area contributed by atoms with Crippen molar-refractivity contribution in [1.29, 1.82) is 0 Å². The summed E-state index contributed by atoms with van der Waals surface area (Å²) in [5.74, 6) is -0.598. The highest BCUT2D eigenvalue weighted by molar-refractivity contribution is 6.06. The lowest BCUT2D eigenvalue weighted by Gasteiger charge is -2.10. The highest BCUT2D eigenvalue weighted by Crippen LogP contribution is 2.17. The first-order valence-electron chi connectivity index (χ1n) is 8.53. The summed E-state index contributed by atoms with van der Waals surface area (Å²) < 4.78 is 0. The van der Waals surface area contributed by atoms with E-state index in [0.717, 1.165) is 22.4 Å². The normalized spacial score (nSPS) is 10.3. The average molecular weight is 360 g/mol. The van der Waals surface area contributed by atoms with Crippen LogP contribution in [0.3, 0.4) is 0 Å². The number of anilines is 1. The van der Waals surface area contributed by atoms with Crippen LogP contribution in [0.25, 0.3) is 0 Å². The number of pyridine rings is 2. The second kappa shape index (κ2) is 8.23. The molecule has 3 rings (SSSR count). The maximum absolute atomic E-state index is 12.5. The molecule has 6 heteroatoms. The van der Waals surface area contributed by atoms with Gasteiger partial charge in [-0.2, -0.15) is 0 Å². The van der Waals surface area contributed by atoms with Gasteiger partial charge in [-0.3, -0.25) is 19.6 Å². The van der Waals surface area contributed by atoms with Crippen LogP contribution in [-0.4, -0.2) is 21.8 Å². The van der Waals surface area contributed by atoms with Gasteiger partial charge in [0.15, 0.2) is 0 Å². The minimum Gasteiger partial charge on any atom is -0.348 e. The number of nitrogens with zero attached hydrogens (tertiary/aromatic N) is 2. The van der Waals surface area contributed by atoms with E-state index in [1.54, 1.807) is 12.4 Å². The first-order valence-corrected chi connectivity index (χ1v) is 8.53. The monoisotopic (exact) mass is 360 g/mol. The summed E-state index contributed by atoms with van der Waals surface area (Å²) in [5, 5.41) is 5.67. The molecule has 0 aliphatic heterocycles. The van der Waals surface area contributed by atoms with Crippen LogP contribution in [0.2, 0.25) is 0 Å². The Morgan fingerprint density at radius 3 is 2.30 bits per heavy atom. The second-order valence-electron chi connectivity index (χ2n) is 6.27. The number of nitrogens with one attached hydrogen (secondary N) is 2. The lowest BCUT2D eigenvalue weighted by molar-refractivity contribution is 0.0950. The maximum atomic E-state index is 12.5. The third kappa shape index (κ3) is 4.76. The molecule has 2 heterocycles. The van der Waals surface area contributed by atoms with Gasteiger partial charge in [-0.25, -0.2) is 0 Å². The number of hydrogen-bond acceptors (Lipinski definition) is 4. The molecule has 0 radical (unpaired) electrons. The number of amides is 2. The van der Waals surface area contributed by atoms with E-state index in [0.29, 0.717) is 17.7 Å². The summed E-state index contributed by atoms with van der Waals surface area (Å²) in [6.45, 7) is 4.31. The Kier molecular flexibility index (Phi) is 5.56. The minimum atomic E-state index is -0.307. The fourth-order valence-electron chi connectivity index (χ4n) is 2.62. The zero-order chi connectivity index (χ0) is 19.2. The van der Waals surface area contributed by atoms with Crippen molar-refractivity contribution in [3.05, 3.63) is 89.0 Å². The Labute approximate surface area is 157 Å². The first kappa shape index (κ1) is 18.3. The molecule has 27 heavy (non-hydrogen) atoms. The predicted octanol–water partition coefficient (Wildman–Crippen LogP) is 3.28. The van der Waals surface area contributed by atoms with Crippen LogP contribution >= 0.6 is 0 Å². The van der Waals surface area contributed by atoms with Crippen molar-refractivity contribution in [2.45, 2.75) is 20.4 Å². The Bertz CT molecular complexity index is 971. The van der Waals surface area contributed by atoms with Crippen molar-refractivity contribution in [2.75, 3.05) is 5.32 Å². The molecule has 2 aromatic heterocycles. The number of carbonyl (C=O) groups is 2. The van der Waals surface area contributed by atoms with E-state index in [1.807, 2.05) is 44.2 Å². The van der Waals surface area contributed by atoms with E-state index in [4.69, 9.17) is 0 Å². The molecule has 0 saturated carbocycles. The molecule has 0 saturated heterocycles. The molecule has 0 fully saturated rings. The summed E-state index contributed by atoms with van der Waals surface area (Å²) >= 11 is 0. The highest BCUT2D eigenvalue weighted by Gasteiger charge is 2.12. The third-order valence-corrected chi connectivity index (χ3v) is 4.10. The molecule has 3 aromatic rings. The van der Waals surface area contributed by atoms with Crippen molar-refractivity contribution in [1.82, 2.24) is 15.3 Å². The molecule has 0 aliphatic rings. The van der Waals surface area contributed by atoms with Crippen LogP contribution in [0.4, 0.5) is 5.69 Å². The van der Waals surface area contributed by atoms with Crippen LogP contribution < -0.4 is 10.6 Å². The van der Waals surface area contributed by atoms with Crippen molar-refractivity contribution >= 4 is 17.5 Å². The molecule has 0 spiro atoms. The van der Waals surface area contributed by atoms with E-state index in [1.165, 1.54) is 18.5 Å². The molecular formula is C21H20N4O2. The Morgan fingerprint density at radius 2 is 1.59 bits per heavy atom. The van der Waals surface area contributed by atoms with Gasteiger partial charge in [-0.1, -0.05) is 17.7 Å². The third-order valence-electron chi connectivity index (χ3n) is 4.10. The smallest absolute Gasteiger partial charge is 0.257 e. The molecule has 136 valence electrons. The number of hydrogen-bond donors (Lipinski definition) is 2. The zero-order valence-corrected chi connectivity index (χ0v) is 15.2. The molecule has 2 N–H and O–H groups in total. The standard InChI is InChI=1S/C21H20N4O2/c1-14-3-4-19(15(2)9-14)25-21(27)18-10-17(12-23-13-18)20(26)24-11-16-5-7-22-8-6-16/h3-10,12-13H,11H2,1-2H3,(H,24,26)(H,25,27). The molecule has 6 nitrogen and oxygen atoms in total. The van der Waals surface area contributed by atoms with Crippen molar-refractivity contribution in [2.24, 2.45) is 0 Å². The topological polar surface area (TPSA) is 84.0 Å². The molecule has 0 aliphatic carbocycles. The van der Waals surface area contributed by atoms with Gasteiger partial charge in [0, 0.05) is 37.0 Å². The fourth-order valence-corrected chi connectivity index (χ4v) is 2.62. The molecule has 0 bridgehead atoms. The highest BCUT2D eigenvalue weighted by atomic mass is 16.2. The van der Waals surface area contributed by atoms with Gasteiger partial charge >= 0.3 is 0 Å². The van der Waals surface area contributed by atoms with Gasteiger partial charge in [0.05, 0.1) is 11.1 Å². The van der Waals surface area contributed by atoms with Crippen LogP contribution in [0.1, 0.15) is 37.4 Å². The molecular weight excluding hydrogens is 340 g/mol. The SMILES string of the molecule is Cc1ccc(NC(=O)c2cncc(C(=O)NCc3ccncc3)c2)c(C)c1. The fraction of sp³-hybridized carbons (Fsp3) is 0.143. The molecule has 0 atom stereocenters. The van der Waals surface area contributed by atoms with E-state index in [2.05, 4.69) is 20.6 Å². The lowest BCUT2D eigenvalue weighted by Crippen LogP contribution is -2.23. The Hall–Kier alpha value is -3.54. The van der Waals surface area contributed by atoms with Gasteiger partial charge in [-0.05, 0) is 49.2 Å². The summed E-state index contributed by atoms with van der Waals surface area (Å²) in [4.78, 5) is 32.8. The quantitative estimate of drug-likeness (QED) is 0.731. The molecule has 2 amide bonds. The Balaban J connectivity index is 1.68. The zero-order valence-electron chi connectivity index (χ0n) is 15.2. The summed E-state index contributed by atoms with van der Waals surface area (Å²) in [6, 6.07) is 11.0. The molecule has 1 aromatic carbocycles. The van der Waals surface area contributed by atoms with Crippen LogP contribution in [-0.2, 0) is 6.54 Å². The van der Waals surface area contributed by atoms with Gasteiger partial charge < -0.3 is 10.6 Å². The van der Waals surface area contributed by atoms with Crippen molar-refractivity contribution in [3.8, 4) is 0 Å². The van der Waals surface area contributed by atoms with Crippen molar-refractivity contribution in [3.63, 3.8) is 0 Å². The lowest BCUT2D eigenvalue weighted by atomic mass is 10.1. The molecule has 0 unspecified atom stereocenters. The van der Waals surface area contributed by atoms with Gasteiger partial charge in [0.1, 0.15) is 0 Å².